The molecule has 8 aromatic rings. The Morgan fingerprint density at radius 1 is 0.594 bits per heavy atom. The Labute approximate surface area is 410 Å². The number of benzene rings is 6. The molecule has 8 rings (SSSR count). The molecular formula is C59H62N3OPt-. The van der Waals surface area contributed by atoms with Gasteiger partial charge in [0, 0.05) is 48.3 Å². The van der Waals surface area contributed by atoms with Crippen LogP contribution in [-0.2, 0) is 42.7 Å². The van der Waals surface area contributed by atoms with Crippen molar-refractivity contribution in [1.82, 2.24) is 14.5 Å². The van der Waals surface area contributed by atoms with Crippen molar-refractivity contribution in [2.24, 2.45) is 0 Å². The summed E-state index contributed by atoms with van der Waals surface area (Å²) in [5.41, 5.74) is 6.78. The van der Waals surface area contributed by atoms with Crippen LogP contribution in [0.2, 0.25) is 0 Å². The summed E-state index contributed by atoms with van der Waals surface area (Å²) in [4.78, 5) is 9.99. The first-order valence-electron chi connectivity index (χ1n) is 26.5. The van der Waals surface area contributed by atoms with Crippen LogP contribution >= 0.6 is 0 Å². The Kier molecular flexibility index (Phi) is 9.29. The fourth-order valence-electron chi connectivity index (χ4n) is 7.82. The number of rotatable bonds is 6. The minimum absolute atomic E-state index is 0. The number of aromatic nitrogens is 3. The molecule has 0 spiro atoms. The predicted octanol–water partition coefficient (Wildman–Crippen LogP) is 15.8. The van der Waals surface area contributed by atoms with Crippen molar-refractivity contribution in [2.45, 2.75) is 112 Å². The summed E-state index contributed by atoms with van der Waals surface area (Å²) < 4.78 is 88.3. The van der Waals surface area contributed by atoms with E-state index in [9.17, 15) is 6.48 Å². The molecular weight excluding hydrogens is 962 g/mol. The van der Waals surface area contributed by atoms with E-state index < -0.39 is 71.2 Å². The molecule has 2 heterocycles. The van der Waals surface area contributed by atoms with Crippen LogP contribution in [0.25, 0.3) is 72.7 Å². The summed E-state index contributed by atoms with van der Waals surface area (Å²) in [6.07, 6.45) is -0.585. The van der Waals surface area contributed by atoms with Gasteiger partial charge in [0.05, 0.1) is 26.2 Å². The van der Waals surface area contributed by atoms with E-state index in [1.807, 2.05) is 69.3 Å². The van der Waals surface area contributed by atoms with Crippen molar-refractivity contribution in [3.05, 3.63) is 167 Å². The molecule has 6 aromatic carbocycles. The monoisotopic (exact) mass is 1030 g/mol. The molecule has 0 saturated carbocycles. The van der Waals surface area contributed by atoms with Gasteiger partial charge in [-0.1, -0.05) is 185 Å². The SMILES string of the molecule is [2H]c1nc(-c2[c-]c(-c3cccc4c3nc(-c3cc(C(C)(C)C)cc(C(C)(C)C)c3O)n4-c3cc(-c4ccccc4)cc(C(C)(C)C)c3)cc(C(C)(C)C)c2)c([2H])c(-c2c([2H])c([2H])c(C([2H])([2H])[2H])c([2H])c2[2H])c1[2H].[Pt]. The van der Waals surface area contributed by atoms with Gasteiger partial charge in [-0.3, -0.25) is 9.55 Å². The van der Waals surface area contributed by atoms with Gasteiger partial charge in [0.1, 0.15) is 11.6 Å². The van der Waals surface area contributed by atoms with Crippen molar-refractivity contribution in [2.75, 3.05) is 0 Å². The Bertz CT molecular complexity index is 3490. The number of hydrogen-bond donors (Lipinski definition) is 1. The van der Waals surface area contributed by atoms with Gasteiger partial charge in [0.25, 0.3) is 0 Å². The van der Waals surface area contributed by atoms with Crippen LogP contribution in [0.3, 0.4) is 0 Å². The molecule has 0 amide bonds. The van der Waals surface area contributed by atoms with Gasteiger partial charge < -0.3 is 5.11 Å². The van der Waals surface area contributed by atoms with Gasteiger partial charge >= 0.3 is 0 Å². The molecule has 5 heteroatoms. The number of para-hydroxylation sites is 1. The zero-order chi connectivity index (χ0) is 53.8. The number of imidazole rings is 1. The third-order valence-corrected chi connectivity index (χ3v) is 11.6. The molecule has 2 aromatic heterocycles. The molecule has 0 atom stereocenters. The van der Waals surface area contributed by atoms with E-state index in [0.717, 1.165) is 44.6 Å². The maximum Gasteiger partial charge on any atom is 0.148 e. The minimum atomic E-state index is -2.97. The van der Waals surface area contributed by atoms with Crippen LogP contribution < -0.4 is 0 Å². The summed E-state index contributed by atoms with van der Waals surface area (Å²) >= 11 is 0. The van der Waals surface area contributed by atoms with Gasteiger partial charge in [-0.15, -0.1) is 29.3 Å². The average molecular weight is 1030 g/mol. The van der Waals surface area contributed by atoms with E-state index in [2.05, 4.69) is 114 Å². The van der Waals surface area contributed by atoms with Crippen molar-refractivity contribution in [3.8, 4) is 67.5 Å². The molecule has 330 valence electrons. The van der Waals surface area contributed by atoms with Gasteiger partial charge in [-0.25, -0.2) is 4.98 Å². The molecule has 4 nitrogen and oxygen atoms in total. The van der Waals surface area contributed by atoms with E-state index in [1.165, 1.54) is 0 Å². The van der Waals surface area contributed by atoms with E-state index >= 15 is 0 Å². The molecule has 64 heavy (non-hydrogen) atoms. The molecule has 0 radical (unpaired) electrons. The summed E-state index contributed by atoms with van der Waals surface area (Å²) in [6.45, 7) is 22.4. The molecule has 0 aliphatic carbocycles. The van der Waals surface area contributed by atoms with Crippen LogP contribution in [0.1, 0.15) is 125 Å². The zero-order valence-electron chi connectivity index (χ0n) is 48.8. The summed E-state index contributed by atoms with van der Waals surface area (Å²) in [5, 5.41) is 12.6. The number of hydrogen-bond acceptors (Lipinski definition) is 3. The summed E-state index contributed by atoms with van der Waals surface area (Å²) in [5.74, 6) is 0.643. The van der Waals surface area contributed by atoms with Gasteiger partial charge in [0.15, 0.2) is 0 Å². The number of pyridine rings is 1. The number of phenolic OH excluding ortho intramolecular Hbond substituents is 1. The summed E-state index contributed by atoms with van der Waals surface area (Å²) in [6, 6.07) is 30.0. The van der Waals surface area contributed by atoms with Gasteiger partial charge in [-0.05, 0) is 92.2 Å². The maximum atomic E-state index is 12.6. The van der Waals surface area contributed by atoms with E-state index in [0.29, 0.717) is 28.0 Å². The molecule has 0 aliphatic heterocycles. The van der Waals surface area contributed by atoms with Crippen LogP contribution in [0.4, 0.5) is 0 Å². The van der Waals surface area contributed by atoms with Crippen molar-refractivity contribution < 1.29 is 39.9 Å². The summed E-state index contributed by atoms with van der Waals surface area (Å²) in [7, 11) is 0. The number of fused-ring (bicyclic) bond motifs is 1. The normalized spacial score (nSPS) is 14.8. The zero-order valence-corrected chi connectivity index (χ0v) is 41.0. The second-order valence-electron chi connectivity index (χ2n) is 20.6. The fourth-order valence-corrected chi connectivity index (χ4v) is 7.82. The predicted molar refractivity (Wildman–Crippen MR) is 266 cm³/mol. The van der Waals surface area contributed by atoms with Crippen molar-refractivity contribution in [1.29, 1.82) is 0 Å². The molecule has 1 N–H and O–H groups in total. The molecule has 0 aliphatic rings. The van der Waals surface area contributed by atoms with E-state index in [-0.39, 0.29) is 54.5 Å². The molecule has 0 fully saturated rings. The second-order valence-corrected chi connectivity index (χ2v) is 20.6. The van der Waals surface area contributed by atoms with E-state index in [1.54, 1.807) is 6.07 Å². The van der Waals surface area contributed by atoms with Gasteiger partial charge in [0.2, 0.25) is 0 Å². The van der Waals surface area contributed by atoms with Crippen molar-refractivity contribution in [3.63, 3.8) is 0 Å². The smallest absolute Gasteiger partial charge is 0.148 e. The second kappa shape index (κ2) is 17.1. The number of nitrogens with zero attached hydrogens (tertiary/aromatic N) is 3. The molecule has 0 unspecified atom stereocenters. The first-order chi connectivity index (χ1) is 33.7. The number of phenols is 1. The van der Waals surface area contributed by atoms with Crippen LogP contribution in [0.5, 0.6) is 5.75 Å². The first kappa shape index (κ1) is 34.8. The minimum Gasteiger partial charge on any atom is -0.507 e. The average Bonchev–Trinajstić information content (AvgIpc) is 3.68. The number of aromatic hydroxyl groups is 1. The largest absolute Gasteiger partial charge is 0.507 e. The first-order valence-corrected chi connectivity index (χ1v) is 21.5. The maximum absolute atomic E-state index is 12.6. The Hall–Kier alpha value is -5.57. The Balaban J connectivity index is 0.00000800. The Morgan fingerprint density at radius 2 is 1.23 bits per heavy atom. The third-order valence-electron chi connectivity index (χ3n) is 11.6. The molecule has 0 bridgehead atoms. The quantitative estimate of drug-likeness (QED) is 0.169. The standard InChI is InChI=1S/C59H62N3O.Pt/c1-37-22-24-39(25-23-37)40-26-27-60-51(33-40)43-28-42(30-44(31-43)56(2,3)4)48-20-17-21-52-53(48)61-55(49-35-46(58(8,9)10)36-50(54(49)63)59(11,12)13)62(52)47-32-41(38-18-15-14-16-19-38)29-45(34-47)57(5,6)7;/h14-27,29-36,63H,1-13H3;/q-1;/i1D3,22D,23D,24D,25D,26D,27D,33D;. The van der Waals surface area contributed by atoms with E-state index in [4.69, 9.17) is 17.3 Å². The van der Waals surface area contributed by atoms with Crippen LogP contribution in [-0.4, -0.2) is 19.6 Å². The van der Waals surface area contributed by atoms with Gasteiger partial charge in [-0.2, -0.15) is 0 Å². The Morgan fingerprint density at radius 3 is 1.88 bits per heavy atom. The van der Waals surface area contributed by atoms with Crippen molar-refractivity contribution >= 4 is 11.0 Å². The molecule has 0 saturated heterocycles. The topological polar surface area (TPSA) is 50.9 Å². The van der Waals surface area contributed by atoms with Crippen LogP contribution in [0, 0.1) is 12.9 Å². The van der Waals surface area contributed by atoms with Crippen LogP contribution in [0.15, 0.2) is 133 Å². The fraction of sp³-hybridized carbons (Fsp3) is 0.288. The third kappa shape index (κ3) is 9.31.